The van der Waals surface area contributed by atoms with Gasteiger partial charge in [-0.05, 0) is 35.4 Å². The van der Waals surface area contributed by atoms with Crippen LogP contribution in [0.3, 0.4) is 0 Å². The first-order valence-electron chi connectivity index (χ1n) is 9.92. The molecule has 0 saturated carbocycles. The zero-order chi connectivity index (χ0) is 22.1. The lowest BCUT2D eigenvalue weighted by molar-refractivity contribution is -0.384. The van der Waals surface area contributed by atoms with E-state index in [4.69, 9.17) is 5.10 Å². The van der Waals surface area contributed by atoms with Crippen LogP contribution in [0.25, 0.3) is 17.1 Å². The first-order valence-corrected chi connectivity index (χ1v) is 9.92. The van der Waals surface area contributed by atoms with Gasteiger partial charge in [-0.2, -0.15) is 10.2 Å². The maximum Gasteiger partial charge on any atom is 0.269 e. The van der Waals surface area contributed by atoms with E-state index >= 15 is 0 Å². The summed E-state index contributed by atoms with van der Waals surface area (Å²) in [7, 11) is 0. The Kier molecular flexibility index (Phi) is 4.79. The minimum absolute atomic E-state index is 0.0131. The number of aromatic nitrogens is 2. The highest BCUT2D eigenvalue weighted by Gasteiger charge is 2.26. The molecule has 156 valence electrons. The number of benzene rings is 2. The molecule has 0 spiro atoms. The molecule has 2 bridgehead atoms. The van der Waals surface area contributed by atoms with Gasteiger partial charge < -0.3 is 5.11 Å². The number of aliphatic hydroxyl groups is 1. The molecule has 5 rings (SSSR count). The summed E-state index contributed by atoms with van der Waals surface area (Å²) in [5, 5.41) is 35.4. The fourth-order valence-corrected chi connectivity index (χ4v) is 3.61. The first-order chi connectivity index (χ1) is 15.6. The molecule has 0 atom stereocenters. The molecule has 0 saturated heterocycles. The molecule has 2 aromatic carbocycles. The van der Waals surface area contributed by atoms with Crippen LogP contribution < -0.4 is 0 Å². The highest BCUT2D eigenvalue weighted by Crippen LogP contribution is 2.38. The maximum atomic E-state index is 11.0. The molecular formula is C24H17N5O3. The molecule has 2 aliphatic rings. The smallest absolute Gasteiger partial charge is 0.269 e. The molecule has 0 aliphatic heterocycles. The van der Waals surface area contributed by atoms with Gasteiger partial charge in [0.05, 0.1) is 21.9 Å². The Morgan fingerprint density at radius 2 is 1.69 bits per heavy atom. The zero-order valence-corrected chi connectivity index (χ0v) is 16.8. The Hall–Kier alpha value is -4.59. The van der Waals surface area contributed by atoms with Gasteiger partial charge in [0.25, 0.3) is 5.69 Å². The van der Waals surface area contributed by atoms with Crippen LogP contribution in [0, 0.1) is 10.1 Å². The Bertz CT molecular complexity index is 1360. The lowest BCUT2D eigenvalue weighted by Gasteiger charge is -2.05. The van der Waals surface area contributed by atoms with Gasteiger partial charge in [-0.25, -0.2) is 4.68 Å². The van der Waals surface area contributed by atoms with Gasteiger partial charge in [0, 0.05) is 24.8 Å². The lowest BCUT2D eigenvalue weighted by Crippen LogP contribution is -1.96. The van der Waals surface area contributed by atoms with Crippen LogP contribution >= 0.6 is 0 Å². The minimum atomic E-state index is -0.460. The van der Waals surface area contributed by atoms with Crippen molar-refractivity contribution in [3.05, 3.63) is 118 Å². The third-order valence-electron chi connectivity index (χ3n) is 5.24. The van der Waals surface area contributed by atoms with Crippen molar-refractivity contribution in [1.82, 2.24) is 9.78 Å². The van der Waals surface area contributed by atoms with Crippen LogP contribution in [-0.2, 0) is 0 Å². The van der Waals surface area contributed by atoms with Gasteiger partial charge >= 0.3 is 0 Å². The summed E-state index contributed by atoms with van der Waals surface area (Å²) in [5.41, 5.74) is 4.56. The molecule has 8 heteroatoms. The topological polar surface area (TPSA) is 106 Å². The second-order valence-electron chi connectivity index (χ2n) is 7.29. The zero-order valence-electron chi connectivity index (χ0n) is 16.8. The largest absolute Gasteiger partial charge is 0.507 e. The maximum absolute atomic E-state index is 11.0. The molecule has 0 radical (unpaired) electrons. The molecule has 0 amide bonds. The Morgan fingerprint density at radius 1 is 0.969 bits per heavy atom. The van der Waals surface area contributed by atoms with Crippen molar-refractivity contribution >= 4 is 22.8 Å². The number of azo groups is 1. The number of aliphatic hydroxyl groups excluding tert-OH is 1. The van der Waals surface area contributed by atoms with Gasteiger partial charge in [0.2, 0.25) is 0 Å². The summed E-state index contributed by atoms with van der Waals surface area (Å²) in [6, 6.07) is 15.5. The SMILES string of the molecule is O=[N+]([O-])c1ccc(N=NC2=C3C=CC=CC(=C(O)c4cn(-c5ccccc5)nc42)C3)cc1. The number of rotatable bonds is 4. The highest BCUT2D eigenvalue weighted by molar-refractivity contribution is 5.82. The highest BCUT2D eigenvalue weighted by atomic mass is 16.6. The monoisotopic (exact) mass is 423 g/mol. The Balaban J connectivity index is 1.63. The van der Waals surface area contributed by atoms with Gasteiger partial charge in [0.15, 0.2) is 0 Å². The number of fused-ring (bicyclic) bond motifs is 3. The summed E-state index contributed by atoms with van der Waals surface area (Å²) >= 11 is 0. The van der Waals surface area contributed by atoms with Crippen molar-refractivity contribution in [3.8, 4) is 5.69 Å². The van der Waals surface area contributed by atoms with E-state index in [1.165, 1.54) is 12.1 Å². The van der Waals surface area contributed by atoms with Crippen LogP contribution in [-0.4, -0.2) is 19.8 Å². The van der Waals surface area contributed by atoms with Gasteiger partial charge in [0.1, 0.15) is 17.2 Å². The number of para-hydroxylation sites is 1. The summed E-state index contributed by atoms with van der Waals surface area (Å²) in [6.45, 7) is 0. The van der Waals surface area contributed by atoms with Gasteiger partial charge in [-0.15, -0.1) is 5.11 Å². The van der Waals surface area contributed by atoms with E-state index in [2.05, 4.69) is 10.2 Å². The molecule has 2 aliphatic carbocycles. The van der Waals surface area contributed by atoms with Crippen LogP contribution in [0.1, 0.15) is 17.7 Å². The quantitative estimate of drug-likeness (QED) is 0.312. The average molecular weight is 423 g/mol. The van der Waals surface area contributed by atoms with E-state index < -0.39 is 4.92 Å². The summed E-state index contributed by atoms with van der Waals surface area (Å²) in [5.74, 6) is 0.153. The third-order valence-corrected chi connectivity index (χ3v) is 5.24. The van der Waals surface area contributed by atoms with Crippen molar-refractivity contribution in [2.24, 2.45) is 10.2 Å². The van der Waals surface area contributed by atoms with Gasteiger partial charge in [-0.3, -0.25) is 10.1 Å². The molecule has 1 N–H and O–H groups in total. The van der Waals surface area contributed by atoms with Crippen molar-refractivity contribution in [1.29, 1.82) is 0 Å². The van der Waals surface area contributed by atoms with E-state index in [1.54, 1.807) is 23.0 Å². The first kappa shape index (κ1) is 19.4. The second kappa shape index (κ2) is 7.92. The van der Waals surface area contributed by atoms with E-state index in [0.29, 0.717) is 29.1 Å². The van der Waals surface area contributed by atoms with Crippen molar-refractivity contribution in [2.45, 2.75) is 6.42 Å². The van der Waals surface area contributed by atoms with E-state index in [-0.39, 0.29) is 11.4 Å². The van der Waals surface area contributed by atoms with Crippen LogP contribution in [0.4, 0.5) is 11.4 Å². The number of hydrogen-bond donors (Lipinski definition) is 1. The fourth-order valence-electron chi connectivity index (χ4n) is 3.61. The Morgan fingerprint density at radius 3 is 2.41 bits per heavy atom. The van der Waals surface area contributed by atoms with Crippen LogP contribution in [0.15, 0.2) is 106 Å². The molecule has 1 heterocycles. The fraction of sp³-hybridized carbons (Fsp3) is 0.0417. The number of nitrogens with zero attached hydrogens (tertiary/aromatic N) is 5. The molecule has 32 heavy (non-hydrogen) atoms. The van der Waals surface area contributed by atoms with E-state index in [9.17, 15) is 15.2 Å². The molecule has 0 unspecified atom stereocenters. The molecule has 3 aromatic rings. The standard InChI is InChI=1S/C24H17N5O3/c30-24-17-7-5-4-6-16(14-17)22(26-25-18-10-12-20(13-11-18)29(31)32)23-21(24)15-28(27-23)19-8-2-1-3-9-19/h1-13,15,30H,14H2. The number of hydrogen-bond acceptors (Lipinski definition) is 6. The molecule has 0 fully saturated rings. The van der Waals surface area contributed by atoms with Crippen LogP contribution in [0.2, 0.25) is 0 Å². The lowest BCUT2D eigenvalue weighted by atomic mass is 10.1. The predicted molar refractivity (Wildman–Crippen MR) is 121 cm³/mol. The number of non-ortho nitro benzene ring substituents is 1. The minimum Gasteiger partial charge on any atom is -0.507 e. The summed E-state index contributed by atoms with van der Waals surface area (Å²) in [6.07, 6.45) is 9.82. The van der Waals surface area contributed by atoms with Crippen molar-refractivity contribution in [3.63, 3.8) is 0 Å². The molecule has 8 nitrogen and oxygen atoms in total. The van der Waals surface area contributed by atoms with E-state index in [1.807, 2.05) is 54.6 Å². The normalized spacial score (nSPS) is 15.1. The number of nitro groups is 1. The summed E-state index contributed by atoms with van der Waals surface area (Å²) < 4.78 is 1.70. The van der Waals surface area contributed by atoms with Crippen LogP contribution in [0.5, 0.6) is 0 Å². The summed E-state index contributed by atoms with van der Waals surface area (Å²) in [4.78, 5) is 10.4. The van der Waals surface area contributed by atoms with Gasteiger partial charge in [-0.1, -0.05) is 42.5 Å². The predicted octanol–water partition coefficient (Wildman–Crippen LogP) is 6.07. The third kappa shape index (κ3) is 3.54. The number of allylic oxidation sites excluding steroid dienone is 6. The van der Waals surface area contributed by atoms with Crippen molar-refractivity contribution < 1.29 is 10.0 Å². The van der Waals surface area contributed by atoms with Crippen molar-refractivity contribution in [2.75, 3.05) is 0 Å². The number of nitro benzene ring substituents is 1. The average Bonchev–Trinajstić information content (AvgIpc) is 3.06. The Labute approximate surface area is 183 Å². The molecule has 1 aromatic heterocycles. The molecular weight excluding hydrogens is 406 g/mol. The van der Waals surface area contributed by atoms with E-state index in [0.717, 1.165) is 16.8 Å². The second-order valence-corrected chi connectivity index (χ2v) is 7.29.